The Kier molecular flexibility index (Phi) is 7.98. The summed E-state index contributed by atoms with van der Waals surface area (Å²) in [5.74, 6) is 1.16. The van der Waals surface area contributed by atoms with E-state index in [1.165, 1.54) is 77.2 Å². The van der Waals surface area contributed by atoms with Crippen molar-refractivity contribution in [2.75, 3.05) is 31.5 Å². The van der Waals surface area contributed by atoms with E-state index in [1.807, 2.05) is 25.1 Å². The lowest BCUT2D eigenvalue weighted by molar-refractivity contribution is 0.0707. The van der Waals surface area contributed by atoms with Gasteiger partial charge in [0.2, 0.25) is 0 Å². The first kappa shape index (κ1) is 23.0. The summed E-state index contributed by atoms with van der Waals surface area (Å²) in [7, 11) is 0. The van der Waals surface area contributed by atoms with Gasteiger partial charge >= 0.3 is 0 Å². The van der Waals surface area contributed by atoms with Crippen LogP contribution in [0.1, 0.15) is 73.7 Å². The number of nitrogens with one attached hydrogen (secondary N) is 2. The van der Waals surface area contributed by atoms with Crippen LogP contribution < -0.4 is 10.8 Å². The molecule has 1 aromatic carbocycles. The summed E-state index contributed by atoms with van der Waals surface area (Å²) in [6.07, 6.45) is 13.7. The molecule has 1 saturated heterocycles. The van der Waals surface area contributed by atoms with Crippen LogP contribution in [0.5, 0.6) is 0 Å². The van der Waals surface area contributed by atoms with E-state index in [0.29, 0.717) is 5.56 Å². The van der Waals surface area contributed by atoms with E-state index in [4.69, 9.17) is 5.21 Å². The van der Waals surface area contributed by atoms with Gasteiger partial charge in [-0.2, -0.15) is 0 Å². The predicted octanol–water partition coefficient (Wildman–Crippen LogP) is 5.15. The summed E-state index contributed by atoms with van der Waals surface area (Å²) in [6.45, 7) is 6.55. The van der Waals surface area contributed by atoms with Crippen LogP contribution in [0.3, 0.4) is 0 Å². The number of carbonyl (C=O) groups is 1. The fourth-order valence-corrected chi connectivity index (χ4v) is 5.47. The number of amides is 1. The smallest absolute Gasteiger partial charge is 0.278 e. The van der Waals surface area contributed by atoms with Crippen LogP contribution in [-0.4, -0.2) is 47.2 Å². The van der Waals surface area contributed by atoms with Crippen LogP contribution in [0.25, 0.3) is 10.9 Å². The molecule has 2 fully saturated rings. The highest BCUT2D eigenvalue weighted by Crippen LogP contribution is 2.29. The van der Waals surface area contributed by atoms with Gasteiger partial charge in [0.1, 0.15) is 0 Å². The molecule has 1 aromatic heterocycles. The second kappa shape index (κ2) is 11.1. The molecule has 32 heavy (non-hydrogen) atoms. The Morgan fingerprint density at radius 1 is 1.09 bits per heavy atom. The van der Waals surface area contributed by atoms with E-state index >= 15 is 0 Å². The number of carbonyl (C=O) groups excluding carboxylic acids is 1. The molecule has 6 nitrogen and oxygen atoms in total. The van der Waals surface area contributed by atoms with Gasteiger partial charge in [0.25, 0.3) is 5.91 Å². The molecule has 1 aliphatic carbocycles. The van der Waals surface area contributed by atoms with Gasteiger partial charge in [-0.1, -0.05) is 43.7 Å². The van der Waals surface area contributed by atoms with E-state index in [1.54, 1.807) is 5.48 Å². The standard InChI is InChI=1S/C26H38N4O2/c1-19-7-8-24-22(17-19)25(23(18-28-24)26(31)29-32)27-13-9-21-11-15-30(16-12-21)14-10-20-5-3-2-4-6-20/h7-8,17-18,20-21,32H,2-6,9-16H2,1H3,(H,27,28)(H,29,31). The monoisotopic (exact) mass is 438 g/mol. The maximum atomic E-state index is 12.2. The zero-order chi connectivity index (χ0) is 22.3. The number of anilines is 1. The molecule has 2 aliphatic rings. The molecule has 4 rings (SSSR count). The number of likely N-dealkylation sites (tertiary alicyclic amines) is 1. The van der Waals surface area contributed by atoms with Gasteiger partial charge < -0.3 is 10.2 Å². The molecule has 174 valence electrons. The number of nitrogens with zero attached hydrogens (tertiary/aromatic N) is 2. The summed E-state index contributed by atoms with van der Waals surface area (Å²) in [6, 6.07) is 6.04. The Hall–Kier alpha value is -2.18. The molecular weight excluding hydrogens is 400 g/mol. The SMILES string of the molecule is Cc1ccc2ncc(C(=O)NO)c(NCCC3CCN(CCC4CCCCC4)CC3)c2c1. The topological polar surface area (TPSA) is 77.5 Å². The normalized spacial score (nSPS) is 18.7. The van der Waals surface area contributed by atoms with Crippen molar-refractivity contribution >= 4 is 22.5 Å². The number of aromatic nitrogens is 1. The summed E-state index contributed by atoms with van der Waals surface area (Å²) in [4.78, 5) is 19.3. The van der Waals surface area contributed by atoms with Crippen LogP contribution in [0, 0.1) is 18.8 Å². The van der Waals surface area contributed by atoms with Crippen molar-refractivity contribution in [1.29, 1.82) is 0 Å². The third-order valence-corrected chi connectivity index (χ3v) is 7.51. The van der Waals surface area contributed by atoms with E-state index in [0.717, 1.165) is 47.0 Å². The molecule has 0 atom stereocenters. The summed E-state index contributed by atoms with van der Waals surface area (Å²) in [5, 5.41) is 13.6. The maximum absolute atomic E-state index is 12.2. The highest BCUT2D eigenvalue weighted by Gasteiger charge is 2.21. The van der Waals surface area contributed by atoms with Gasteiger partial charge in [-0.3, -0.25) is 15.0 Å². The first-order chi connectivity index (χ1) is 15.6. The third-order valence-electron chi connectivity index (χ3n) is 7.51. The number of hydrogen-bond donors (Lipinski definition) is 3. The lowest BCUT2D eigenvalue weighted by Gasteiger charge is -2.33. The van der Waals surface area contributed by atoms with Gasteiger partial charge in [-0.05, 0) is 76.2 Å². The van der Waals surface area contributed by atoms with E-state index in [-0.39, 0.29) is 0 Å². The number of hydroxylamine groups is 1. The Bertz CT molecular complexity index is 902. The zero-order valence-corrected chi connectivity index (χ0v) is 19.4. The number of aryl methyl sites for hydroxylation is 1. The van der Waals surface area contributed by atoms with Gasteiger partial charge in [-0.15, -0.1) is 0 Å². The van der Waals surface area contributed by atoms with Crippen LogP contribution in [0.15, 0.2) is 24.4 Å². The maximum Gasteiger partial charge on any atom is 0.278 e. The lowest BCUT2D eigenvalue weighted by Crippen LogP contribution is -2.35. The highest BCUT2D eigenvalue weighted by molar-refractivity contribution is 6.06. The number of pyridine rings is 1. The van der Waals surface area contributed by atoms with Crippen molar-refractivity contribution in [3.63, 3.8) is 0 Å². The minimum atomic E-state index is -0.533. The van der Waals surface area contributed by atoms with Crippen LogP contribution >= 0.6 is 0 Å². The second-order valence-electron chi connectivity index (χ2n) is 9.80. The van der Waals surface area contributed by atoms with E-state index in [2.05, 4.69) is 15.2 Å². The Labute approximate surface area is 191 Å². The largest absolute Gasteiger partial charge is 0.384 e. The lowest BCUT2D eigenvalue weighted by atomic mass is 9.86. The fourth-order valence-electron chi connectivity index (χ4n) is 5.47. The quantitative estimate of drug-likeness (QED) is 0.393. The van der Waals surface area contributed by atoms with E-state index in [9.17, 15) is 4.79 Å². The Morgan fingerprint density at radius 3 is 2.59 bits per heavy atom. The Morgan fingerprint density at radius 2 is 1.84 bits per heavy atom. The van der Waals surface area contributed by atoms with Crippen molar-refractivity contribution in [2.45, 2.75) is 64.7 Å². The number of hydrogen-bond acceptors (Lipinski definition) is 5. The molecule has 2 aromatic rings. The summed E-state index contributed by atoms with van der Waals surface area (Å²) < 4.78 is 0. The van der Waals surface area contributed by atoms with Crippen LogP contribution in [-0.2, 0) is 0 Å². The predicted molar refractivity (Wildman–Crippen MR) is 129 cm³/mol. The third kappa shape index (κ3) is 5.78. The molecule has 2 heterocycles. The molecule has 6 heteroatoms. The van der Waals surface area contributed by atoms with Gasteiger partial charge in [0.05, 0.1) is 16.8 Å². The molecule has 0 spiro atoms. The molecule has 1 amide bonds. The second-order valence-corrected chi connectivity index (χ2v) is 9.80. The summed E-state index contributed by atoms with van der Waals surface area (Å²) >= 11 is 0. The Balaban J connectivity index is 1.29. The molecule has 3 N–H and O–H groups in total. The van der Waals surface area contributed by atoms with Crippen molar-refractivity contribution in [1.82, 2.24) is 15.4 Å². The molecule has 1 saturated carbocycles. The average Bonchev–Trinajstić information content (AvgIpc) is 2.83. The zero-order valence-electron chi connectivity index (χ0n) is 19.4. The van der Waals surface area contributed by atoms with Crippen molar-refractivity contribution in [3.8, 4) is 0 Å². The molecular formula is C26H38N4O2. The molecule has 0 unspecified atom stereocenters. The average molecular weight is 439 g/mol. The van der Waals surface area contributed by atoms with Crippen LogP contribution in [0.4, 0.5) is 5.69 Å². The minimum Gasteiger partial charge on any atom is -0.384 e. The molecule has 0 radical (unpaired) electrons. The first-order valence-electron chi connectivity index (χ1n) is 12.4. The summed E-state index contributed by atoms with van der Waals surface area (Å²) in [5.41, 5.74) is 4.86. The van der Waals surface area contributed by atoms with Crippen molar-refractivity contribution < 1.29 is 10.0 Å². The molecule has 1 aliphatic heterocycles. The highest BCUT2D eigenvalue weighted by atomic mass is 16.5. The van der Waals surface area contributed by atoms with Crippen LogP contribution in [0.2, 0.25) is 0 Å². The fraction of sp³-hybridized carbons (Fsp3) is 0.615. The van der Waals surface area contributed by atoms with Crippen molar-refractivity contribution in [3.05, 3.63) is 35.5 Å². The number of rotatable bonds is 8. The van der Waals surface area contributed by atoms with Gasteiger partial charge in [-0.25, -0.2) is 5.48 Å². The molecule has 0 bridgehead atoms. The number of piperidine rings is 1. The number of fused-ring (bicyclic) bond motifs is 1. The number of benzene rings is 1. The minimum absolute atomic E-state index is 0.378. The van der Waals surface area contributed by atoms with E-state index < -0.39 is 5.91 Å². The first-order valence-corrected chi connectivity index (χ1v) is 12.4. The van der Waals surface area contributed by atoms with Gasteiger partial charge in [0.15, 0.2) is 0 Å². The van der Waals surface area contributed by atoms with Gasteiger partial charge in [0, 0.05) is 18.1 Å². The van der Waals surface area contributed by atoms with Crippen molar-refractivity contribution in [2.24, 2.45) is 11.8 Å².